The predicted octanol–water partition coefficient (Wildman–Crippen LogP) is -2.42. The second-order valence-electron chi connectivity index (χ2n) is 12.4. The van der Waals surface area contributed by atoms with Gasteiger partial charge in [-0.2, -0.15) is 0 Å². The Labute approximate surface area is 258 Å². The molecule has 7 unspecified atom stereocenters. The third-order valence-electron chi connectivity index (χ3n) is 10.2. The third-order valence-corrected chi connectivity index (χ3v) is 10.2. The molecule has 0 spiro atoms. The van der Waals surface area contributed by atoms with Gasteiger partial charge in [0.1, 0.15) is 18.3 Å². The summed E-state index contributed by atoms with van der Waals surface area (Å²) in [4.78, 5) is 0. The van der Waals surface area contributed by atoms with E-state index in [1.165, 1.54) is 7.11 Å². The van der Waals surface area contributed by atoms with Gasteiger partial charge in [-0.3, -0.25) is 0 Å². The standard InChI is InChI=1S/C29H54O15/c1-7-28(5,17-15(11-31)41-25(39-6)23(37)20(17)34)43-26-24(38)21(35)18(16(12-32)42-26)29(8-2,9-3)44-27-22(36)19(33)13(4)14(10-30)40-27/h13-27,30-38H,7-12H2,1-6H3/t13-,14+,15+,16?,17-,18-,19?,20?,21?,22?,23?,24+,25-,26+,27+,28?/m1/s1. The van der Waals surface area contributed by atoms with E-state index >= 15 is 0 Å². The van der Waals surface area contributed by atoms with Gasteiger partial charge >= 0.3 is 0 Å². The van der Waals surface area contributed by atoms with Gasteiger partial charge in [0, 0.05) is 24.9 Å². The van der Waals surface area contributed by atoms with E-state index in [2.05, 4.69) is 0 Å². The Kier molecular flexibility index (Phi) is 13.4. The monoisotopic (exact) mass is 642 g/mol. The molecule has 0 saturated carbocycles. The Morgan fingerprint density at radius 3 is 1.50 bits per heavy atom. The second kappa shape index (κ2) is 15.5. The minimum atomic E-state index is -1.70. The number of hydrogen-bond donors (Lipinski definition) is 9. The molecule has 0 radical (unpaired) electrons. The molecule has 15 heteroatoms. The lowest BCUT2D eigenvalue weighted by atomic mass is 9.72. The lowest BCUT2D eigenvalue weighted by molar-refractivity contribution is -0.375. The molecule has 16 atom stereocenters. The molecule has 0 aromatic rings. The van der Waals surface area contributed by atoms with Crippen molar-refractivity contribution in [3.05, 3.63) is 0 Å². The van der Waals surface area contributed by atoms with Crippen LogP contribution in [0.1, 0.15) is 53.9 Å². The Morgan fingerprint density at radius 2 is 1.00 bits per heavy atom. The summed E-state index contributed by atoms with van der Waals surface area (Å²) in [6, 6.07) is 0. The lowest BCUT2D eigenvalue weighted by Crippen LogP contribution is -2.68. The maximum atomic E-state index is 11.6. The van der Waals surface area contributed by atoms with Gasteiger partial charge in [0.25, 0.3) is 0 Å². The first-order valence-corrected chi connectivity index (χ1v) is 15.5. The smallest absolute Gasteiger partial charge is 0.187 e. The highest BCUT2D eigenvalue weighted by Gasteiger charge is 2.59. The molecule has 0 amide bonds. The first kappa shape index (κ1) is 37.9. The fourth-order valence-corrected chi connectivity index (χ4v) is 7.11. The van der Waals surface area contributed by atoms with Crippen molar-refractivity contribution in [1.29, 1.82) is 0 Å². The molecule has 0 aromatic heterocycles. The summed E-state index contributed by atoms with van der Waals surface area (Å²) in [5, 5.41) is 96.2. The molecular formula is C29H54O15. The third kappa shape index (κ3) is 6.98. The van der Waals surface area contributed by atoms with E-state index in [1.54, 1.807) is 34.6 Å². The zero-order valence-corrected chi connectivity index (χ0v) is 26.4. The van der Waals surface area contributed by atoms with Crippen molar-refractivity contribution in [2.75, 3.05) is 26.9 Å². The maximum Gasteiger partial charge on any atom is 0.187 e. The van der Waals surface area contributed by atoms with Crippen LogP contribution in [-0.4, -0.2) is 158 Å². The summed E-state index contributed by atoms with van der Waals surface area (Å²) in [5.41, 5.74) is -2.74. The zero-order valence-electron chi connectivity index (χ0n) is 26.4. The Bertz CT molecular complexity index is 872. The highest BCUT2D eigenvalue weighted by Crippen LogP contribution is 2.45. The molecule has 0 bridgehead atoms. The van der Waals surface area contributed by atoms with Gasteiger partial charge in [0.05, 0.1) is 67.6 Å². The molecule has 3 rings (SSSR count). The molecule has 0 aliphatic carbocycles. The van der Waals surface area contributed by atoms with Gasteiger partial charge < -0.3 is 74.4 Å². The Hall–Kier alpha value is -0.600. The van der Waals surface area contributed by atoms with Crippen LogP contribution >= 0.6 is 0 Å². The molecule has 9 N–H and O–H groups in total. The van der Waals surface area contributed by atoms with Crippen molar-refractivity contribution >= 4 is 0 Å². The number of aliphatic hydroxyl groups excluding tert-OH is 9. The highest BCUT2D eigenvalue weighted by molar-refractivity contribution is 5.04. The van der Waals surface area contributed by atoms with Crippen molar-refractivity contribution < 1.29 is 74.4 Å². The molecular weight excluding hydrogens is 588 g/mol. The number of hydrogen-bond acceptors (Lipinski definition) is 15. The fraction of sp³-hybridized carbons (Fsp3) is 1.00. The normalized spacial score (nSPS) is 45.2. The Balaban J connectivity index is 1.89. The minimum absolute atomic E-state index is 0.190. The van der Waals surface area contributed by atoms with Gasteiger partial charge in [-0.15, -0.1) is 0 Å². The molecule has 0 aromatic carbocycles. The number of methoxy groups -OCH3 is 1. The van der Waals surface area contributed by atoms with Gasteiger partial charge in [-0.25, -0.2) is 0 Å². The summed E-state index contributed by atoms with van der Waals surface area (Å²) in [6.07, 6.45) is -15.5. The number of aliphatic hydroxyl groups is 9. The molecule has 3 saturated heterocycles. The van der Waals surface area contributed by atoms with E-state index < -0.39 is 123 Å². The molecule has 3 fully saturated rings. The summed E-state index contributed by atoms with van der Waals surface area (Å²) in [5.74, 6) is -2.69. The van der Waals surface area contributed by atoms with Crippen LogP contribution in [0.15, 0.2) is 0 Å². The summed E-state index contributed by atoms with van der Waals surface area (Å²) in [7, 11) is 1.29. The van der Waals surface area contributed by atoms with Gasteiger partial charge in [-0.1, -0.05) is 27.7 Å². The van der Waals surface area contributed by atoms with E-state index in [1.807, 2.05) is 0 Å². The lowest BCUT2D eigenvalue weighted by Gasteiger charge is -2.54. The summed E-state index contributed by atoms with van der Waals surface area (Å²) >= 11 is 0. The van der Waals surface area contributed by atoms with Crippen LogP contribution in [0.25, 0.3) is 0 Å². The van der Waals surface area contributed by atoms with Crippen molar-refractivity contribution in [1.82, 2.24) is 0 Å². The molecule has 3 aliphatic rings. The average Bonchev–Trinajstić information content (AvgIpc) is 3.03. The molecule has 260 valence electrons. The van der Waals surface area contributed by atoms with E-state index in [9.17, 15) is 46.0 Å². The predicted molar refractivity (Wildman–Crippen MR) is 151 cm³/mol. The SMILES string of the molecule is CCC(C)(O[C@@H]1OC(CO)[C@@H](C(CC)(CC)O[C@@H]2O[C@@H](CO)[C@@H](C)C(O)C2O)C(O)[C@@H]1O)[C@H]1C(O)C(O)[C@H](OC)O[C@H]1CO. The number of ether oxygens (including phenoxy) is 6. The van der Waals surface area contributed by atoms with Crippen LogP contribution in [-0.2, 0) is 28.4 Å². The average molecular weight is 643 g/mol. The van der Waals surface area contributed by atoms with Gasteiger partial charge in [0.15, 0.2) is 18.9 Å². The van der Waals surface area contributed by atoms with Crippen LogP contribution in [0, 0.1) is 17.8 Å². The topological polar surface area (TPSA) is 237 Å². The Morgan fingerprint density at radius 1 is 0.568 bits per heavy atom. The largest absolute Gasteiger partial charge is 0.394 e. The van der Waals surface area contributed by atoms with Crippen molar-refractivity contribution in [3.8, 4) is 0 Å². The van der Waals surface area contributed by atoms with Crippen molar-refractivity contribution in [3.63, 3.8) is 0 Å². The zero-order chi connectivity index (χ0) is 33.1. The summed E-state index contributed by atoms with van der Waals surface area (Å²) < 4.78 is 35.2. The van der Waals surface area contributed by atoms with Crippen molar-refractivity contribution in [2.45, 2.75) is 139 Å². The van der Waals surface area contributed by atoms with Crippen LogP contribution in [0.5, 0.6) is 0 Å². The van der Waals surface area contributed by atoms with Crippen molar-refractivity contribution in [2.24, 2.45) is 17.8 Å². The summed E-state index contributed by atoms with van der Waals surface area (Å²) in [6.45, 7) is 6.84. The van der Waals surface area contributed by atoms with Crippen LogP contribution in [0.2, 0.25) is 0 Å². The van der Waals surface area contributed by atoms with E-state index in [4.69, 9.17) is 28.4 Å². The second-order valence-corrected chi connectivity index (χ2v) is 12.4. The fourth-order valence-electron chi connectivity index (χ4n) is 7.11. The maximum absolute atomic E-state index is 11.6. The molecule has 15 nitrogen and oxygen atoms in total. The number of rotatable bonds is 13. The quantitative estimate of drug-likeness (QED) is 0.102. The van der Waals surface area contributed by atoms with E-state index in [0.717, 1.165) is 0 Å². The van der Waals surface area contributed by atoms with Crippen LogP contribution in [0.3, 0.4) is 0 Å². The molecule has 3 heterocycles. The molecule has 44 heavy (non-hydrogen) atoms. The van der Waals surface area contributed by atoms with Crippen LogP contribution in [0.4, 0.5) is 0 Å². The highest BCUT2D eigenvalue weighted by atomic mass is 16.7. The molecule has 3 aliphatic heterocycles. The minimum Gasteiger partial charge on any atom is -0.394 e. The van der Waals surface area contributed by atoms with Gasteiger partial charge in [-0.05, 0) is 26.2 Å². The first-order chi connectivity index (χ1) is 20.7. The van der Waals surface area contributed by atoms with E-state index in [0.29, 0.717) is 0 Å². The van der Waals surface area contributed by atoms with E-state index in [-0.39, 0.29) is 19.3 Å². The first-order valence-electron chi connectivity index (χ1n) is 15.5. The van der Waals surface area contributed by atoms with Gasteiger partial charge in [0.2, 0.25) is 0 Å². The van der Waals surface area contributed by atoms with Crippen LogP contribution < -0.4 is 0 Å².